The van der Waals surface area contributed by atoms with Crippen LogP contribution in [-0.4, -0.2) is 12.6 Å². The second-order valence-corrected chi connectivity index (χ2v) is 5.42. The maximum atomic E-state index is 5.60. The van der Waals surface area contributed by atoms with E-state index in [4.69, 9.17) is 5.73 Å². The second kappa shape index (κ2) is 5.46. The molecule has 0 aliphatic carbocycles. The molecule has 0 saturated carbocycles. The average Bonchev–Trinajstić information content (AvgIpc) is 2.25. The number of benzene rings is 1. The van der Waals surface area contributed by atoms with Gasteiger partial charge in [-0.1, -0.05) is 45.0 Å². The summed E-state index contributed by atoms with van der Waals surface area (Å²) in [5.41, 5.74) is 8.58. The van der Waals surface area contributed by atoms with Crippen molar-refractivity contribution >= 4 is 0 Å². The molecule has 0 aliphatic rings. The van der Waals surface area contributed by atoms with Gasteiger partial charge in [-0.25, -0.2) is 0 Å². The predicted molar refractivity (Wildman–Crippen MR) is 70.5 cm³/mol. The Hall–Kier alpha value is -0.860. The van der Waals surface area contributed by atoms with Crippen molar-refractivity contribution in [1.29, 1.82) is 0 Å². The molecule has 3 N–H and O–H groups in total. The SMILES string of the molecule is CC(CN)NCc1ccccc1C(C)(C)C. The summed E-state index contributed by atoms with van der Waals surface area (Å²) in [5.74, 6) is 0. The Balaban J connectivity index is 2.80. The van der Waals surface area contributed by atoms with Crippen molar-refractivity contribution in [3.8, 4) is 0 Å². The van der Waals surface area contributed by atoms with E-state index in [0.29, 0.717) is 12.6 Å². The highest BCUT2D eigenvalue weighted by Crippen LogP contribution is 2.25. The van der Waals surface area contributed by atoms with Gasteiger partial charge in [-0.3, -0.25) is 0 Å². The maximum Gasteiger partial charge on any atom is 0.0211 e. The molecule has 1 rings (SSSR count). The van der Waals surface area contributed by atoms with Gasteiger partial charge < -0.3 is 11.1 Å². The first-order valence-corrected chi connectivity index (χ1v) is 5.97. The first-order valence-electron chi connectivity index (χ1n) is 5.97. The van der Waals surface area contributed by atoms with Crippen molar-refractivity contribution in [3.63, 3.8) is 0 Å². The van der Waals surface area contributed by atoms with Gasteiger partial charge in [-0.15, -0.1) is 0 Å². The van der Waals surface area contributed by atoms with E-state index in [2.05, 4.69) is 57.3 Å². The van der Waals surface area contributed by atoms with E-state index in [0.717, 1.165) is 6.54 Å². The van der Waals surface area contributed by atoms with Crippen LogP contribution in [0.15, 0.2) is 24.3 Å². The van der Waals surface area contributed by atoms with Crippen LogP contribution in [0.4, 0.5) is 0 Å². The zero-order valence-electron chi connectivity index (χ0n) is 10.9. The van der Waals surface area contributed by atoms with Gasteiger partial charge in [-0.2, -0.15) is 0 Å². The molecule has 0 radical (unpaired) electrons. The van der Waals surface area contributed by atoms with Crippen LogP contribution >= 0.6 is 0 Å². The van der Waals surface area contributed by atoms with Crippen LogP contribution in [0.25, 0.3) is 0 Å². The molecule has 1 aromatic rings. The quantitative estimate of drug-likeness (QED) is 0.818. The van der Waals surface area contributed by atoms with Gasteiger partial charge in [0.25, 0.3) is 0 Å². The lowest BCUT2D eigenvalue weighted by atomic mass is 9.84. The Morgan fingerprint density at radius 1 is 1.25 bits per heavy atom. The number of rotatable bonds is 4. The van der Waals surface area contributed by atoms with Gasteiger partial charge >= 0.3 is 0 Å². The Morgan fingerprint density at radius 3 is 2.44 bits per heavy atom. The summed E-state index contributed by atoms with van der Waals surface area (Å²) in [4.78, 5) is 0. The molecular formula is C14H24N2. The molecule has 1 aromatic carbocycles. The van der Waals surface area contributed by atoms with Crippen molar-refractivity contribution in [1.82, 2.24) is 5.32 Å². The van der Waals surface area contributed by atoms with Crippen LogP contribution in [-0.2, 0) is 12.0 Å². The number of nitrogens with two attached hydrogens (primary N) is 1. The van der Waals surface area contributed by atoms with Crippen molar-refractivity contribution in [2.24, 2.45) is 5.73 Å². The number of hydrogen-bond acceptors (Lipinski definition) is 2. The zero-order chi connectivity index (χ0) is 12.2. The van der Waals surface area contributed by atoms with Crippen molar-refractivity contribution in [2.75, 3.05) is 6.54 Å². The third-order valence-corrected chi connectivity index (χ3v) is 2.82. The fourth-order valence-corrected chi connectivity index (χ4v) is 1.77. The van der Waals surface area contributed by atoms with Gasteiger partial charge in [0.1, 0.15) is 0 Å². The molecule has 0 amide bonds. The van der Waals surface area contributed by atoms with Crippen molar-refractivity contribution in [2.45, 2.75) is 45.7 Å². The highest BCUT2D eigenvalue weighted by atomic mass is 14.9. The highest BCUT2D eigenvalue weighted by molar-refractivity contribution is 5.32. The Bertz CT molecular complexity index is 326. The van der Waals surface area contributed by atoms with E-state index in [1.807, 2.05) is 0 Å². The first-order chi connectivity index (χ1) is 7.45. The molecule has 16 heavy (non-hydrogen) atoms. The molecule has 0 spiro atoms. The first kappa shape index (κ1) is 13.2. The lowest BCUT2D eigenvalue weighted by molar-refractivity contribution is 0.536. The standard InChI is InChI=1S/C14H24N2/c1-11(9-15)16-10-12-7-5-6-8-13(12)14(2,3)4/h5-8,11,16H,9-10,15H2,1-4H3. The molecule has 1 unspecified atom stereocenters. The molecule has 0 saturated heterocycles. The monoisotopic (exact) mass is 220 g/mol. The summed E-state index contributed by atoms with van der Waals surface area (Å²) in [6.07, 6.45) is 0. The van der Waals surface area contributed by atoms with Gasteiger partial charge in [0.15, 0.2) is 0 Å². The van der Waals surface area contributed by atoms with Gasteiger partial charge in [-0.05, 0) is 23.5 Å². The highest BCUT2D eigenvalue weighted by Gasteiger charge is 2.16. The molecule has 2 heteroatoms. The molecule has 90 valence electrons. The fourth-order valence-electron chi connectivity index (χ4n) is 1.77. The topological polar surface area (TPSA) is 38.0 Å². The second-order valence-electron chi connectivity index (χ2n) is 5.42. The van der Waals surface area contributed by atoms with Gasteiger partial charge in [0.2, 0.25) is 0 Å². The average molecular weight is 220 g/mol. The summed E-state index contributed by atoms with van der Waals surface area (Å²) < 4.78 is 0. The molecule has 0 fully saturated rings. The third kappa shape index (κ3) is 3.62. The summed E-state index contributed by atoms with van der Waals surface area (Å²) in [7, 11) is 0. The number of nitrogens with one attached hydrogen (secondary N) is 1. The van der Waals surface area contributed by atoms with Crippen LogP contribution in [0.5, 0.6) is 0 Å². The maximum absolute atomic E-state index is 5.60. The molecule has 0 bridgehead atoms. The Kier molecular flexibility index (Phi) is 4.51. The minimum atomic E-state index is 0.199. The van der Waals surface area contributed by atoms with E-state index in [1.165, 1.54) is 11.1 Å². The lowest BCUT2D eigenvalue weighted by Crippen LogP contribution is -2.33. The largest absolute Gasteiger partial charge is 0.329 e. The fraction of sp³-hybridized carbons (Fsp3) is 0.571. The summed E-state index contributed by atoms with van der Waals surface area (Å²) in [5, 5.41) is 3.44. The zero-order valence-corrected chi connectivity index (χ0v) is 10.9. The van der Waals surface area contributed by atoms with E-state index >= 15 is 0 Å². The van der Waals surface area contributed by atoms with Crippen LogP contribution in [0.1, 0.15) is 38.8 Å². The summed E-state index contributed by atoms with van der Waals surface area (Å²) >= 11 is 0. The molecule has 0 aliphatic heterocycles. The van der Waals surface area contributed by atoms with Crippen LogP contribution in [0, 0.1) is 0 Å². The lowest BCUT2D eigenvalue weighted by Gasteiger charge is -2.23. The minimum Gasteiger partial charge on any atom is -0.329 e. The predicted octanol–water partition coefficient (Wildman–Crippen LogP) is 2.42. The Morgan fingerprint density at radius 2 is 1.88 bits per heavy atom. The normalized spacial score (nSPS) is 13.8. The molecule has 0 aromatic heterocycles. The molecule has 0 heterocycles. The van der Waals surface area contributed by atoms with Gasteiger partial charge in [0.05, 0.1) is 0 Å². The third-order valence-electron chi connectivity index (χ3n) is 2.82. The van der Waals surface area contributed by atoms with E-state index in [9.17, 15) is 0 Å². The van der Waals surface area contributed by atoms with E-state index in [-0.39, 0.29) is 5.41 Å². The summed E-state index contributed by atoms with van der Waals surface area (Å²) in [6, 6.07) is 8.98. The Labute approximate surface area is 99.2 Å². The van der Waals surface area contributed by atoms with Crippen molar-refractivity contribution < 1.29 is 0 Å². The smallest absolute Gasteiger partial charge is 0.0211 e. The molecule has 1 atom stereocenters. The molecular weight excluding hydrogens is 196 g/mol. The minimum absolute atomic E-state index is 0.199. The van der Waals surface area contributed by atoms with Gasteiger partial charge in [0, 0.05) is 19.1 Å². The van der Waals surface area contributed by atoms with E-state index in [1.54, 1.807) is 0 Å². The van der Waals surface area contributed by atoms with Crippen LogP contribution < -0.4 is 11.1 Å². The van der Waals surface area contributed by atoms with Crippen molar-refractivity contribution in [3.05, 3.63) is 35.4 Å². The summed E-state index contributed by atoms with van der Waals surface area (Å²) in [6.45, 7) is 10.4. The van der Waals surface area contributed by atoms with Crippen LogP contribution in [0.3, 0.4) is 0 Å². The van der Waals surface area contributed by atoms with E-state index < -0.39 is 0 Å². The van der Waals surface area contributed by atoms with Crippen LogP contribution in [0.2, 0.25) is 0 Å². The number of hydrogen-bond donors (Lipinski definition) is 2. The molecule has 2 nitrogen and oxygen atoms in total.